The fraction of sp³-hybridized carbons (Fsp3) is 0.467. The zero-order valence-corrected chi connectivity index (χ0v) is 11.6. The second-order valence-corrected chi connectivity index (χ2v) is 4.81. The van der Waals surface area contributed by atoms with Crippen molar-refractivity contribution in [3.63, 3.8) is 0 Å². The van der Waals surface area contributed by atoms with Crippen LogP contribution in [0.2, 0.25) is 0 Å². The summed E-state index contributed by atoms with van der Waals surface area (Å²) in [5, 5.41) is 0. The summed E-state index contributed by atoms with van der Waals surface area (Å²) in [6, 6.07) is 5.93. The zero-order valence-electron chi connectivity index (χ0n) is 11.6. The number of methoxy groups -OCH3 is 1. The van der Waals surface area contributed by atoms with E-state index in [0.717, 1.165) is 36.6 Å². The Balaban J connectivity index is 2.17. The molecule has 1 atom stereocenters. The minimum atomic E-state index is 0.243. The highest BCUT2D eigenvalue weighted by Gasteiger charge is 2.22. The third-order valence-electron chi connectivity index (χ3n) is 3.29. The quantitative estimate of drug-likeness (QED) is 0.878. The minimum absolute atomic E-state index is 0.243. The normalized spacial score (nSPS) is 20.1. The van der Waals surface area contributed by atoms with Crippen LogP contribution in [0.4, 0.5) is 0 Å². The molecule has 0 aromatic heterocycles. The molecule has 2 rings (SSSR count). The second-order valence-electron chi connectivity index (χ2n) is 4.81. The fourth-order valence-electron chi connectivity index (χ4n) is 2.34. The maximum Gasteiger partial charge on any atom is 0.167 e. The Morgan fingerprint density at radius 1 is 1.47 bits per heavy atom. The lowest BCUT2D eigenvalue weighted by atomic mass is 10.1. The summed E-state index contributed by atoms with van der Waals surface area (Å²) in [6.45, 7) is 2.56. The van der Waals surface area contributed by atoms with Crippen LogP contribution in [0.5, 0.6) is 11.5 Å². The van der Waals surface area contributed by atoms with Crippen LogP contribution in [-0.4, -0.2) is 44.8 Å². The van der Waals surface area contributed by atoms with Crippen LogP contribution in [-0.2, 0) is 0 Å². The number of rotatable bonds is 5. The number of benzene rings is 1. The summed E-state index contributed by atoms with van der Waals surface area (Å²) in [4.78, 5) is 2.27. The Kier molecular flexibility index (Phi) is 4.82. The van der Waals surface area contributed by atoms with Gasteiger partial charge in [0, 0.05) is 25.2 Å². The maximum atomic E-state index is 6.06. The number of likely N-dealkylation sites (N-methyl/N-ethyl adjacent to an activating group) is 1. The molecule has 4 nitrogen and oxygen atoms in total. The molecule has 0 spiro atoms. The van der Waals surface area contributed by atoms with Crippen LogP contribution in [0.3, 0.4) is 0 Å². The summed E-state index contributed by atoms with van der Waals surface area (Å²) in [5.41, 5.74) is 6.49. The second kappa shape index (κ2) is 6.59. The van der Waals surface area contributed by atoms with Gasteiger partial charge in [-0.15, -0.1) is 0 Å². The summed E-state index contributed by atoms with van der Waals surface area (Å²) >= 11 is 0. The molecule has 1 fully saturated rings. The maximum absolute atomic E-state index is 6.06. The lowest BCUT2D eigenvalue weighted by Gasteiger charge is -2.17. The summed E-state index contributed by atoms with van der Waals surface area (Å²) in [6.07, 6.45) is 5.17. The number of nitrogens with zero attached hydrogens (tertiary/aromatic N) is 1. The molecule has 1 aliphatic heterocycles. The van der Waals surface area contributed by atoms with Gasteiger partial charge in [-0.3, -0.25) is 0 Å². The highest BCUT2D eigenvalue weighted by molar-refractivity contribution is 5.62. The van der Waals surface area contributed by atoms with E-state index in [1.165, 1.54) is 0 Å². The van der Waals surface area contributed by atoms with E-state index in [1.807, 2.05) is 30.4 Å². The van der Waals surface area contributed by atoms with Gasteiger partial charge in [0.05, 0.1) is 7.11 Å². The Bertz CT molecular complexity index is 446. The van der Waals surface area contributed by atoms with E-state index in [2.05, 4.69) is 11.9 Å². The smallest absolute Gasteiger partial charge is 0.167 e. The lowest BCUT2D eigenvalue weighted by molar-refractivity contribution is 0.199. The molecule has 1 aromatic carbocycles. The molecule has 0 amide bonds. The van der Waals surface area contributed by atoms with Crippen LogP contribution in [0.25, 0.3) is 6.08 Å². The van der Waals surface area contributed by atoms with Gasteiger partial charge in [0.15, 0.2) is 11.5 Å². The largest absolute Gasteiger partial charge is 0.492 e. The molecule has 0 saturated carbocycles. The monoisotopic (exact) mass is 262 g/mol. The van der Waals surface area contributed by atoms with Crippen molar-refractivity contribution in [1.29, 1.82) is 0 Å². The van der Waals surface area contributed by atoms with Gasteiger partial charge in [0.2, 0.25) is 0 Å². The molecular formula is C15H22N2O2. The first-order valence-electron chi connectivity index (χ1n) is 6.63. The van der Waals surface area contributed by atoms with Crippen LogP contribution < -0.4 is 15.2 Å². The Labute approximate surface area is 114 Å². The van der Waals surface area contributed by atoms with E-state index in [9.17, 15) is 0 Å². The first kappa shape index (κ1) is 13.9. The minimum Gasteiger partial charge on any atom is -0.492 e. The molecule has 1 saturated heterocycles. The van der Waals surface area contributed by atoms with Gasteiger partial charge in [-0.05, 0) is 19.5 Å². The van der Waals surface area contributed by atoms with Gasteiger partial charge >= 0.3 is 0 Å². The van der Waals surface area contributed by atoms with E-state index in [4.69, 9.17) is 15.2 Å². The number of hydrogen-bond acceptors (Lipinski definition) is 4. The predicted octanol–water partition coefficient (Wildman–Crippen LogP) is 1.75. The highest BCUT2D eigenvalue weighted by Crippen LogP contribution is 2.33. The lowest BCUT2D eigenvalue weighted by Crippen LogP contribution is -2.21. The van der Waals surface area contributed by atoms with E-state index in [0.29, 0.717) is 6.54 Å². The summed E-state index contributed by atoms with van der Waals surface area (Å²) in [5.74, 6) is 1.59. The number of hydrogen-bond donors (Lipinski definition) is 1. The number of likely N-dealkylation sites (tertiary alicyclic amines) is 1. The van der Waals surface area contributed by atoms with Gasteiger partial charge in [0.25, 0.3) is 0 Å². The third kappa shape index (κ3) is 3.49. The molecule has 104 valence electrons. The van der Waals surface area contributed by atoms with Crippen molar-refractivity contribution in [1.82, 2.24) is 4.90 Å². The Morgan fingerprint density at radius 3 is 2.95 bits per heavy atom. The first-order valence-corrected chi connectivity index (χ1v) is 6.63. The van der Waals surface area contributed by atoms with Crippen molar-refractivity contribution in [2.75, 3.05) is 33.8 Å². The molecular weight excluding hydrogens is 240 g/mol. The molecule has 0 bridgehead atoms. The molecule has 4 heteroatoms. The predicted molar refractivity (Wildman–Crippen MR) is 77.6 cm³/mol. The Hall–Kier alpha value is -1.52. The van der Waals surface area contributed by atoms with Crippen LogP contribution in [0, 0.1) is 0 Å². The summed E-state index contributed by atoms with van der Waals surface area (Å²) in [7, 11) is 3.78. The fourth-order valence-corrected chi connectivity index (χ4v) is 2.34. The SMILES string of the molecule is COc1c(/C=C/CN)cccc1OC1CCN(C)C1. The molecule has 0 radical (unpaired) electrons. The van der Waals surface area contributed by atoms with Gasteiger partial charge in [-0.25, -0.2) is 0 Å². The van der Waals surface area contributed by atoms with E-state index < -0.39 is 0 Å². The summed E-state index contributed by atoms with van der Waals surface area (Å²) < 4.78 is 11.5. The average Bonchev–Trinajstić information content (AvgIpc) is 2.82. The van der Waals surface area contributed by atoms with Crippen molar-refractivity contribution in [3.05, 3.63) is 29.8 Å². The Morgan fingerprint density at radius 2 is 2.32 bits per heavy atom. The van der Waals surface area contributed by atoms with Gasteiger partial charge in [0.1, 0.15) is 6.10 Å². The van der Waals surface area contributed by atoms with E-state index >= 15 is 0 Å². The molecule has 1 aromatic rings. The topological polar surface area (TPSA) is 47.7 Å². The van der Waals surface area contributed by atoms with E-state index in [1.54, 1.807) is 7.11 Å². The van der Waals surface area contributed by atoms with Crippen LogP contribution in [0.1, 0.15) is 12.0 Å². The number of ether oxygens (including phenoxy) is 2. The number of para-hydroxylation sites is 1. The first-order chi connectivity index (χ1) is 9.24. The van der Waals surface area contributed by atoms with Gasteiger partial charge < -0.3 is 20.1 Å². The van der Waals surface area contributed by atoms with Gasteiger partial charge in [-0.2, -0.15) is 0 Å². The molecule has 1 unspecified atom stereocenters. The molecule has 0 aliphatic carbocycles. The van der Waals surface area contributed by atoms with E-state index in [-0.39, 0.29) is 6.10 Å². The van der Waals surface area contributed by atoms with Crippen LogP contribution >= 0.6 is 0 Å². The van der Waals surface area contributed by atoms with Crippen molar-refractivity contribution >= 4 is 6.08 Å². The molecule has 2 N–H and O–H groups in total. The van der Waals surface area contributed by atoms with Crippen molar-refractivity contribution in [2.45, 2.75) is 12.5 Å². The molecule has 1 aliphatic rings. The highest BCUT2D eigenvalue weighted by atomic mass is 16.5. The zero-order chi connectivity index (χ0) is 13.7. The van der Waals surface area contributed by atoms with Crippen molar-refractivity contribution in [2.24, 2.45) is 5.73 Å². The van der Waals surface area contributed by atoms with Crippen LogP contribution in [0.15, 0.2) is 24.3 Å². The molecule has 1 heterocycles. The molecule has 19 heavy (non-hydrogen) atoms. The van der Waals surface area contributed by atoms with Gasteiger partial charge in [-0.1, -0.05) is 24.3 Å². The van der Waals surface area contributed by atoms with Crippen molar-refractivity contribution < 1.29 is 9.47 Å². The number of nitrogens with two attached hydrogens (primary N) is 1. The standard InChI is InChI=1S/C15H22N2O2/c1-17-10-8-13(11-17)19-14-7-3-5-12(6-4-9-16)15(14)18-2/h3-7,13H,8-11,16H2,1-2H3/b6-4+. The third-order valence-corrected chi connectivity index (χ3v) is 3.29. The van der Waals surface area contributed by atoms with Crippen molar-refractivity contribution in [3.8, 4) is 11.5 Å². The average molecular weight is 262 g/mol.